The number of hydrogen-bond donors (Lipinski definition) is 2. The summed E-state index contributed by atoms with van der Waals surface area (Å²) in [5.41, 5.74) is -0.597. The highest BCUT2D eigenvalue weighted by Gasteiger charge is 2.33. The van der Waals surface area contributed by atoms with Gasteiger partial charge in [0.05, 0.1) is 0 Å². The van der Waals surface area contributed by atoms with Crippen molar-refractivity contribution >= 4 is 12.1 Å². The van der Waals surface area contributed by atoms with E-state index in [1.807, 2.05) is 0 Å². The van der Waals surface area contributed by atoms with Gasteiger partial charge in [0.2, 0.25) is 0 Å². The zero-order chi connectivity index (χ0) is 14.5. The maximum atomic E-state index is 12.2. The standard InChI is InChI=1S/C14H25NO4/c1-14(2,3)19-12(16)11(15-13(17)18)10-8-6-4-5-7-9-10/h10-11,15H,4-9H2,1-3H3,(H,17,18). The molecule has 0 aromatic rings. The molecule has 0 saturated heterocycles. The lowest BCUT2D eigenvalue weighted by molar-refractivity contribution is -0.159. The van der Waals surface area contributed by atoms with E-state index in [2.05, 4.69) is 5.32 Å². The Balaban J connectivity index is 2.74. The molecular weight excluding hydrogens is 246 g/mol. The van der Waals surface area contributed by atoms with Crippen molar-refractivity contribution < 1.29 is 19.4 Å². The van der Waals surface area contributed by atoms with E-state index in [-0.39, 0.29) is 5.92 Å². The quantitative estimate of drug-likeness (QED) is 0.611. The van der Waals surface area contributed by atoms with Crippen molar-refractivity contribution in [3.63, 3.8) is 0 Å². The molecule has 0 aliphatic heterocycles. The van der Waals surface area contributed by atoms with Crippen LogP contribution in [0.3, 0.4) is 0 Å². The van der Waals surface area contributed by atoms with Crippen LogP contribution >= 0.6 is 0 Å². The first-order valence-electron chi connectivity index (χ1n) is 7.02. The molecule has 5 nitrogen and oxygen atoms in total. The highest BCUT2D eigenvalue weighted by atomic mass is 16.6. The molecule has 1 amide bonds. The second kappa shape index (κ2) is 6.78. The minimum absolute atomic E-state index is 0.0495. The zero-order valence-electron chi connectivity index (χ0n) is 12.1. The predicted octanol–water partition coefficient (Wildman–Crippen LogP) is 2.93. The van der Waals surface area contributed by atoms with E-state index >= 15 is 0 Å². The number of ether oxygens (including phenoxy) is 1. The Bertz CT molecular complexity index is 314. The van der Waals surface area contributed by atoms with Crippen molar-refractivity contribution in [2.75, 3.05) is 0 Å². The molecule has 1 saturated carbocycles. The molecule has 1 atom stereocenters. The van der Waals surface area contributed by atoms with E-state index in [9.17, 15) is 9.59 Å². The van der Waals surface area contributed by atoms with Gasteiger partial charge in [-0.2, -0.15) is 0 Å². The molecule has 1 aliphatic carbocycles. The van der Waals surface area contributed by atoms with E-state index in [0.29, 0.717) is 0 Å². The van der Waals surface area contributed by atoms with Crippen LogP contribution in [0, 0.1) is 5.92 Å². The predicted molar refractivity (Wildman–Crippen MR) is 72.0 cm³/mol. The lowest BCUT2D eigenvalue weighted by Gasteiger charge is -2.28. The van der Waals surface area contributed by atoms with Crippen LogP contribution in [0.15, 0.2) is 0 Å². The monoisotopic (exact) mass is 271 g/mol. The highest BCUT2D eigenvalue weighted by molar-refractivity contribution is 5.81. The number of hydrogen-bond acceptors (Lipinski definition) is 3. The van der Waals surface area contributed by atoms with E-state index in [1.165, 1.54) is 0 Å². The Labute approximate surface area is 114 Å². The minimum atomic E-state index is -1.17. The first kappa shape index (κ1) is 15.8. The van der Waals surface area contributed by atoms with Crippen LogP contribution in [-0.4, -0.2) is 28.8 Å². The van der Waals surface area contributed by atoms with Crippen molar-refractivity contribution in [1.82, 2.24) is 5.32 Å². The van der Waals surface area contributed by atoms with Gasteiger partial charge in [0, 0.05) is 0 Å². The van der Waals surface area contributed by atoms with Gasteiger partial charge in [-0.25, -0.2) is 9.59 Å². The topological polar surface area (TPSA) is 75.6 Å². The van der Waals surface area contributed by atoms with Gasteiger partial charge >= 0.3 is 12.1 Å². The van der Waals surface area contributed by atoms with Crippen molar-refractivity contribution in [1.29, 1.82) is 0 Å². The summed E-state index contributed by atoms with van der Waals surface area (Å²) in [6, 6.07) is -0.741. The van der Waals surface area contributed by atoms with Gasteiger partial charge in [-0.15, -0.1) is 0 Å². The number of carbonyl (C=O) groups is 2. The summed E-state index contributed by atoms with van der Waals surface area (Å²) in [5.74, 6) is -0.407. The number of esters is 1. The van der Waals surface area contributed by atoms with Gasteiger partial charge in [-0.05, 0) is 39.5 Å². The lowest BCUT2D eigenvalue weighted by atomic mass is 9.91. The SMILES string of the molecule is CC(C)(C)OC(=O)C(NC(=O)O)C1CCCCCC1. The second-order valence-corrected chi connectivity index (χ2v) is 6.21. The zero-order valence-corrected chi connectivity index (χ0v) is 12.1. The van der Waals surface area contributed by atoms with E-state index in [4.69, 9.17) is 9.84 Å². The molecular formula is C14H25NO4. The Morgan fingerprint density at radius 3 is 2.11 bits per heavy atom. The molecule has 0 aromatic heterocycles. The molecule has 1 rings (SSSR count). The summed E-state index contributed by atoms with van der Waals surface area (Å²) < 4.78 is 5.33. The lowest BCUT2D eigenvalue weighted by Crippen LogP contribution is -2.48. The van der Waals surface area contributed by atoms with Crippen LogP contribution in [0.25, 0.3) is 0 Å². The Hall–Kier alpha value is -1.26. The number of nitrogens with one attached hydrogen (secondary N) is 1. The van der Waals surface area contributed by atoms with Crippen molar-refractivity contribution in [3.8, 4) is 0 Å². The summed E-state index contributed by atoms with van der Waals surface area (Å²) in [7, 11) is 0. The maximum absolute atomic E-state index is 12.2. The van der Waals surface area contributed by atoms with Crippen LogP contribution in [0.5, 0.6) is 0 Å². The molecule has 2 N–H and O–H groups in total. The molecule has 0 radical (unpaired) electrons. The van der Waals surface area contributed by atoms with Crippen LogP contribution in [0.1, 0.15) is 59.3 Å². The first-order valence-corrected chi connectivity index (χ1v) is 7.02. The fraction of sp³-hybridized carbons (Fsp3) is 0.857. The summed E-state index contributed by atoms with van der Waals surface area (Å²) in [6.07, 6.45) is 5.00. The van der Waals surface area contributed by atoms with Gasteiger partial charge in [-0.3, -0.25) is 0 Å². The summed E-state index contributed by atoms with van der Waals surface area (Å²) in [5, 5.41) is 11.3. The fourth-order valence-corrected chi connectivity index (χ4v) is 2.51. The van der Waals surface area contributed by atoms with Gasteiger partial charge in [0.1, 0.15) is 11.6 Å². The van der Waals surface area contributed by atoms with Gasteiger partial charge < -0.3 is 15.2 Å². The summed E-state index contributed by atoms with van der Waals surface area (Å²) >= 11 is 0. The number of carbonyl (C=O) groups excluding carboxylic acids is 1. The average Bonchev–Trinajstić information content (AvgIpc) is 2.51. The molecule has 5 heteroatoms. The first-order chi connectivity index (χ1) is 8.79. The second-order valence-electron chi connectivity index (χ2n) is 6.21. The molecule has 1 aliphatic rings. The summed E-state index contributed by atoms with van der Waals surface area (Å²) in [4.78, 5) is 23.0. The molecule has 19 heavy (non-hydrogen) atoms. The average molecular weight is 271 g/mol. The van der Waals surface area contributed by atoms with Crippen molar-refractivity contribution in [2.45, 2.75) is 70.9 Å². The van der Waals surface area contributed by atoms with Crippen LogP contribution in [0.4, 0.5) is 4.79 Å². The van der Waals surface area contributed by atoms with Gasteiger partial charge in [0.15, 0.2) is 0 Å². The molecule has 0 spiro atoms. The van der Waals surface area contributed by atoms with Crippen molar-refractivity contribution in [3.05, 3.63) is 0 Å². The molecule has 1 unspecified atom stereocenters. The third kappa shape index (κ3) is 5.94. The smallest absolute Gasteiger partial charge is 0.405 e. The van der Waals surface area contributed by atoms with Gasteiger partial charge in [-0.1, -0.05) is 25.7 Å². The summed E-state index contributed by atoms with van der Waals surface area (Å²) in [6.45, 7) is 5.36. The third-order valence-electron chi connectivity index (χ3n) is 3.31. The Morgan fingerprint density at radius 2 is 1.68 bits per heavy atom. The van der Waals surface area contributed by atoms with Crippen LogP contribution in [0.2, 0.25) is 0 Å². The highest BCUT2D eigenvalue weighted by Crippen LogP contribution is 2.27. The number of rotatable bonds is 3. The van der Waals surface area contributed by atoms with Crippen molar-refractivity contribution in [2.24, 2.45) is 5.92 Å². The molecule has 0 heterocycles. The van der Waals surface area contributed by atoms with E-state index in [0.717, 1.165) is 38.5 Å². The Kier molecular flexibility index (Phi) is 5.63. The minimum Gasteiger partial charge on any atom is -0.465 e. The van der Waals surface area contributed by atoms with E-state index in [1.54, 1.807) is 20.8 Å². The normalized spacial score (nSPS) is 19.3. The van der Waals surface area contributed by atoms with Gasteiger partial charge in [0.25, 0.3) is 0 Å². The number of carboxylic acid groups (broad SMARTS) is 1. The Morgan fingerprint density at radius 1 is 1.16 bits per heavy atom. The largest absolute Gasteiger partial charge is 0.465 e. The molecule has 110 valence electrons. The van der Waals surface area contributed by atoms with E-state index < -0.39 is 23.7 Å². The maximum Gasteiger partial charge on any atom is 0.405 e. The molecule has 0 bridgehead atoms. The third-order valence-corrected chi connectivity index (χ3v) is 3.31. The molecule has 0 aromatic carbocycles. The number of amides is 1. The van der Waals surface area contributed by atoms with Crippen LogP contribution in [-0.2, 0) is 9.53 Å². The molecule has 1 fully saturated rings. The van der Waals surface area contributed by atoms with Crippen LogP contribution < -0.4 is 5.32 Å². The fourth-order valence-electron chi connectivity index (χ4n) is 2.51.